The van der Waals surface area contributed by atoms with Gasteiger partial charge in [0.25, 0.3) is 0 Å². The van der Waals surface area contributed by atoms with Crippen LogP contribution in [0.5, 0.6) is 0 Å². The Morgan fingerprint density at radius 3 is 2.62 bits per heavy atom. The second-order valence-corrected chi connectivity index (χ2v) is 5.24. The molecule has 2 aliphatic rings. The molecule has 0 atom stereocenters. The summed E-state index contributed by atoms with van der Waals surface area (Å²) in [6.45, 7) is 0.671. The van der Waals surface area contributed by atoms with Gasteiger partial charge in [-0.3, -0.25) is 0 Å². The highest BCUT2D eigenvalue weighted by Crippen LogP contribution is 2.40. The van der Waals surface area contributed by atoms with Crippen molar-refractivity contribution in [3.63, 3.8) is 0 Å². The Bertz CT molecular complexity index is 374. The second kappa shape index (κ2) is 4.25. The SMILES string of the molecule is NCc1c(C2CCCCC2)oc2c1CCC2. The Hall–Kier alpha value is -0.760. The smallest absolute Gasteiger partial charge is 0.112 e. The van der Waals surface area contributed by atoms with Crippen LogP contribution < -0.4 is 5.73 Å². The number of fused-ring (bicyclic) bond motifs is 1. The molecule has 0 bridgehead atoms. The monoisotopic (exact) mass is 219 g/mol. The summed E-state index contributed by atoms with van der Waals surface area (Å²) in [6.07, 6.45) is 10.3. The van der Waals surface area contributed by atoms with Gasteiger partial charge in [-0.15, -0.1) is 0 Å². The van der Waals surface area contributed by atoms with Gasteiger partial charge in [-0.25, -0.2) is 0 Å². The molecule has 1 aromatic heterocycles. The van der Waals surface area contributed by atoms with Gasteiger partial charge in [-0.2, -0.15) is 0 Å². The minimum absolute atomic E-state index is 0.665. The molecule has 3 rings (SSSR count). The van der Waals surface area contributed by atoms with E-state index in [-0.39, 0.29) is 0 Å². The van der Waals surface area contributed by atoms with Crippen LogP contribution in [0, 0.1) is 0 Å². The molecule has 0 aromatic carbocycles. The number of hydrogen-bond acceptors (Lipinski definition) is 2. The molecule has 2 N–H and O–H groups in total. The average Bonchev–Trinajstić information content (AvgIpc) is 2.89. The Labute approximate surface area is 97.2 Å². The van der Waals surface area contributed by atoms with Crippen molar-refractivity contribution in [1.82, 2.24) is 0 Å². The molecule has 1 saturated carbocycles. The molecule has 0 radical (unpaired) electrons. The van der Waals surface area contributed by atoms with Crippen molar-refractivity contribution in [3.8, 4) is 0 Å². The van der Waals surface area contributed by atoms with Gasteiger partial charge >= 0.3 is 0 Å². The van der Waals surface area contributed by atoms with Gasteiger partial charge in [-0.1, -0.05) is 19.3 Å². The number of furan rings is 1. The van der Waals surface area contributed by atoms with E-state index in [1.54, 1.807) is 0 Å². The fraction of sp³-hybridized carbons (Fsp3) is 0.714. The summed E-state index contributed by atoms with van der Waals surface area (Å²) in [6, 6.07) is 0. The first-order valence-electron chi connectivity index (χ1n) is 6.73. The highest BCUT2D eigenvalue weighted by atomic mass is 16.3. The first-order valence-corrected chi connectivity index (χ1v) is 6.73. The van der Waals surface area contributed by atoms with Crippen LogP contribution in [0.25, 0.3) is 0 Å². The zero-order chi connectivity index (χ0) is 11.0. The van der Waals surface area contributed by atoms with Crippen molar-refractivity contribution >= 4 is 0 Å². The topological polar surface area (TPSA) is 39.2 Å². The molecule has 0 saturated heterocycles. The lowest BCUT2D eigenvalue weighted by Gasteiger charge is -2.20. The van der Waals surface area contributed by atoms with Crippen LogP contribution in [0.4, 0.5) is 0 Å². The molecule has 0 unspecified atom stereocenters. The summed E-state index contributed by atoms with van der Waals surface area (Å²) in [5, 5.41) is 0. The van der Waals surface area contributed by atoms with Crippen molar-refractivity contribution in [2.45, 2.75) is 63.8 Å². The van der Waals surface area contributed by atoms with Crippen LogP contribution in [0.15, 0.2) is 4.42 Å². The number of nitrogens with two attached hydrogens (primary N) is 1. The van der Waals surface area contributed by atoms with Crippen molar-refractivity contribution in [2.75, 3.05) is 0 Å². The second-order valence-electron chi connectivity index (χ2n) is 5.24. The average molecular weight is 219 g/mol. The molecule has 0 spiro atoms. The molecular formula is C14H21NO. The van der Waals surface area contributed by atoms with E-state index in [0.29, 0.717) is 12.5 Å². The maximum atomic E-state index is 6.11. The third kappa shape index (κ3) is 1.60. The van der Waals surface area contributed by atoms with Crippen LogP contribution in [-0.2, 0) is 19.4 Å². The molecule has 2 aliphatic carbocycles. The highest BCUT2D eigenvalue weighted by Gasteiger charge is 2.28. The molecule has 1 heterocycles. The lowest BCUT2D eigenvalue weighted by molar-refractivity contribution is 0.360. The number of aryl methyl sites for hydroxylation is 1. The Kier molecular flexibility index (Phi) is 2.76. The van der Waals surface area contributed by atoms with E-state index in [1.807, 2.05) is 0 Å². The Morgan fingerprint density at radius 2 is 1.88 bits per heavy atom. The van der Waals surface area contributed by atoms with E-state index in [2.05, 4.69) is 0 Å². The molecule has 0 amide bonds. The van der Waals surface area contributed by atoms with E-state index >= 15 is 0 Å². The van der Waals surface area contributed by atoms with E-state index in [0.717, 1.165) is 6.42 Å². The summed E-state index contributed by atoms with van der Waals surface area (Å²) < 4.78 is 6.11. The highest BCUT2D eigenvalue weighted by molar-refractivity contribution is 5.38. The van der Waals surface area contributed by atoms with E-state index in [1.165, 1.54) is 67.6 Å². The molecule has 1 fully saturated rings. The van der Waals surface area contributed by atoms with E-state index < -0.39 is 0 Å². The van der Waals surface area contributed by atoms with Crippen molar-refractivity contribution in [2.24, 2.45) is 5.73 Å². The standard InChI is InChI=1S/C14H21NO/c15-9-12-11-7-4-8-13(11)16-14(12)10-5-2-1-3-6-10/h10H,1-9,15H2. The lowest BCUT2D eigenvalue weighted by atomic mass is 9.85. The van der Waals surface area contributed by atoms with Gasteiger partial charge in [0.05, 0.1) is 0 Å². The van der Waals surface area contributed by atoms with Crippen LogP contribution in [-0.4, -0.2) is 0 Å². The van der Waals surface area contributed by atoms with Crippen molar-refractivity contribution in [1.29, 1.82) is 0 Å². The minimum Gasteiger partial charge on any atom is -0.465 e. The summed E-state index contributed by atoms with van der Waals surface area (Å²) in [7, 11) is 0. The summed E-state index contributed by atoms with van der Waals surface area (Å²) in [4.78, 5) is 0. The predicted octanol–water partition coefficient (Wildman–Crippen LogP) is 3.27. The largest absolute Gasteiger partial charge is 0.465 e. The van der Waals surface area contributed by atoms with Crippen molar-refractivity contribution < 1.29 is 4.42 Å². The summed E-state index contributed by atoms with van der Waals surface area (Å²) in [5.74, 6) is 3.17. The molecule has 2 nitrogen and oxygen atoms in total. The molecule has 1 aromatic rings. The third-order valence-corrected chi connectivity index (χ3v) is 4.24. The van der Waals surface area contributed by atoms with Crippen LogP contribution in [0.2, 0.25) is 0 Å². The maximum absolute atomic E-state index is 6.11. The minimum atomic E-state index is 0.665. The zero-order valence-electron chi connectivity index (χ0n) is 9.93. The molecule has 88 valence electrons. The number of rotatable bonds is 2. The summed E-state index contributed by atoms with van der Waals surface area (Å²) >= 11 is 0. The normalized spacial score (nSPS) is 21.3. The molecular weight excluding hydrogens is 198 g/mol. The lowest BCUT2D eigenvalue weighted by Crippen LogP contribution is -2.09. The Balaban J connectivity index is 1.93. The van der Waals surface area contributed by atoms with Gasteiger partial charge in [0.2, 0.25) is 0 Å². The first kappa shape index (κ1) is 10.4. The molecule has 0 aliphatic heterocycles. The van der Waals surface area contributed by atoms with E-state index in [4.69, 9.17) is 10.2 Å². The predicted molar refractivity (Wildman–Crippen MR) is 64.5 cm³/mol. The fourth-order valence-corrected chi connectivity index (χ4v) is 3.41. The van der Waals surface area contributed by atoms with Gasteiger partial charge in [0, 0.05) is 24.4 Å². The molecule has 2 heteroatoms. The van der Waals surface area contributed by atoms with Crippen LogP contribution in [0.3, 0.4) is 0 Å². The Morgan fingerprint density at radius 1 is 1.06 bits per heavy atom. The van der Waals surface area contributed by atoms with Gasteiger partial charge < -0.3 is 10.2 Å². The fourth-order valence-electron chi connectivity index (χ4n) is 3.41. The van der Waals surface area contributed by atoms with Gasteiger partial charge in [-0.05, 0) is 31.2 Å². The van der Waals surface area contributed by atoms with E-state index in [9.17, 15) is 0 Å². The number of hydrogen-bond donors (Lipinski definition) is 1. The van der Waals surface area contributed by atoms with Crippen molar-refractivity contribution in [3.05, 3.63) is 22.6 Å². The third-order valence-electron chi connectivity index (χ3n) is 4.24. The quantitative estimate of drug-likeness (QED) is 0.829. The van der Waals surface area contributed by atoms with Crippen LogP contribution in [0.1, 0.15) is 67.1 Å². The molecule has 16 heavy (non-hydrogen) atoms. The van der Waals surface area contributed by atoms with Crippen LogP contribution >= 0.6 is 0 Å². The summed E-state index contributed by atoms with van der Waals surface area (Å²) in [5.41, 5.74) is 8.74. The first-order chi connectivity index (χ1) is 7.90. The maximum Gasteiger partial charge on any atom is 0.112 e. The zero-order valence-corrected chi connectivity index (χ0v) is 9.93. The van der Waals surface area contributed by atoms with Gasteiger partial charge in [0.1, 0.15) is 11.5 Å². The van der Waals surface area contributed by atoms with Gasteiger partial charge in [0.15, 0.2) is 0 Å².